The van der Waals surface area contributed by atoms with Crippen molar-refractivity contribution in [3.05, 3.63) is 17.7 Å². The molecule has 0 aliphatic carbocycles. The van der Waals surface area contributed by atoms with E-state index in [-0.39, 0.29) is 5.75 Å². The van der Waals surface area contributed by atoms with E-state index >= 15 is 0 Å². The molecule has 1 fully saturated rings. The molecule has 1 heterocycles. The Labute approximate surface area is 127 Å². The Balaban J connectivity index is 2.16. The lowest BCUT2D eigenvalue weighted by molar-refractivity contribution is 0.0555. The summed E-state index contributed by atoms with van der Waals surface area (Å²) in [5.41, 5.74) is 1.09. The molecular formula is C16H26N2O3. The number of aromatic hydroxyl groups is 1. The van der Waals surface area contributed by atoms with Gasteiger partial charge in [-0.1, -0.05) is 0 Å². The zero-order chi connectivity index (χ0) is 15.6. The first kappa shape index (κ1) is 15.9. The van der Waals surface area contributed by atoms with Crippen LogP contribution in [-0.2, 0) is 6.54 Å². The second-order valence-electron chi connectivity index (χ2n) is 5.91. The number of likely N-dealkylation sites (N-methyl/N-ethyl adjacent to an activating group) is 1. The predicted molar refractivity (Wildman–Crippen MR) is 83.2 cm³/mol. The third kappa shape index (κ3) is 3.41. The molecular weight excluding hydrogens is 268 g/mol. The third-order valence-electron chi connectivity index (χ3n) is 4.38. The quantitative estimate of drug-likeness (QED) is 0.919. The molecule has 2 atom stereocenters. The van der Waals surface area contributed by atoms with Crippen LogP contribution in [0.25, 0.3) is 0 Å². The minimum absolute atomic E-state index is 0.0591. The molecule has 5 heteroatoms. The maximum Gasteiger partial charge on any atom is 0.200 e. The monoisotopic (exact) mass is 294 g/mol. The Bertz CT molecular complexity index is 455. The maximum atomic E-state index is 9.97. The topological polar surface area (TPSA) is 45.2 Å². The predicted octanol–water partition coefficient (Wildman–Crippen LogP) is 1.93. The highest BCUT2D eigenvalue weighted by Gasteiger charge is 2.26. The van der Waals surface area contributed by atoms with E-state index in [1.165, 1.54) is 0 Å². The van der Waals surface area contributed by atoms with Crippen LogP contribution in [0, 0.1) is 0 Å². The number of phenolic OH excluding ortho intramolecular Hbond substituents is 1. The van der Waals surface area contributed by atoms with Crippen LogP contribution in [-0.4, -0.2) is 61.3 Å². The number of hydrogen-bond acceptors (Lipinski definition) is 5. The summed E-state index contributed by atoms with van der Waals surface area (Å²) in [5.74, 6) is 0.975. The fourth-order valence-corrected chi connectivity index (χ4v) is 2.94. The molecule has 1 aromatic carbocycles. The molecule has 0 saturated carbocycles. The van der Waals surface area contributed by atoms with Crippen molar-refractivity contribution in [3.8, 4) is 17.2 Å². The highest BCUT2D eigenvalue weighted by molar-refractivity contribution is 5.52. The number of benzene rings is 1. The van der Waals surface area contributed by atoms with Crippen LogP contribution in [0.1, 0.15) is 19.4 Å². The number of phenols is 1. The second-order valence-corrected chi connectivity index (χ2v) is 5.91. The number of nitrogens with zero attached hydrogens (tertiary/aromatic N) is 2. The molecule has 0 aromatic heterocycles. The van der Waals surface area contributed by atoms with Crippen LogP contribution in [0.15, 0.2) is 12.1 Å². The summed E-state index contributed by atoms with van der Waals surface area (Å²) < 4.78 is 10.4. The van der Waals surface area contributed by atoms with Gasteiger partial charge in [0, 0.05) is 31.7 Å². The van der Waals surface area contributed by atoms with Gasteiger partial charge in [-0.2, -0.15) is 0 Å². The lowest BCUT2D eigenvalue weighted by Gasteiger charge is -2.42. The number of methoxy groups -OCH3 is 2. The van der Waals surface area contributed by atoms with E-state index in [1.54, 1.807) is 14.2 Å². The molecule has 1 N–H and O–H groups in total. The fourth-order valence-electron chi connectivity index (χ4n) is 2.94. The summed E-state index contributed by atoms with van der Waals surface area (Å²) in [5, 5.41) is 9.97. The zero-order valence-electron chi connectivity index (χ0n) is 13.6. The molecule has 2 unspecified atom stereocenters. The van der Waals surface area contributed by atoms with E-state index in [2.05, 4.69) is 30.7 Å². The first-order valence-electron chi connectivity index (χ1n) is 7.34. The van der Waals surface area contributed by atoms with Crippen molar-refractivity contribution >= 4 is 0 Å². The van der Waals surface area contributed by atoms with Gasteiger partial charge in [0.25, 0.3) is 0 Å². The Morgan fingerprint density at radius 2 is 1.57 bits per heavy atom. The van der Waals surface area contributed by atoms with E-state index in [0.29, 0.717) is 23.6 Å². The van der Waals surface area contributed by atoms with Crippen molar-refractivity contribution in [1.29, 1.82) is 0 Å². The molecule has 2 rings (SSSR count). The Kier molecular flexibility index (Phi) is 4.96. The van der Waals surface area contributed by atoms with Gasteiger partial charge in [0.2, 0.25) is 5.75 Å². The SMILES string of the molecule is COc1cc(CN2CC(C)N(C)C(C)C2)cc(OC)c1O. The van der Waals surface area contributed by atoms with Crippen molar-refractivity contribution in [2.24, 2.45) is 0 Å². The van der Waals surface area contributed by atoms with Gasteiger partial charge in [0.15, 0.2) is 11.5 Å². The Morgan fingerprint density at radius 1 is 1.10 bits per heavy atom. The lowest BCUT2D eigenvalue weighted by atomic mass is 10.1. The van der Waals surface area contributed by atoms with Gasteiger partial charge < -0.3 is 14.6 Å². The molecule has 0 bridgehead atoms. The second kappa shape index (κ2) is 6.54. The van der Waals surface area contributed by atoms with E-state index in [4.69, 9.17) is 9.47 Å². The molecule has 0 spiro atoms. The van der Waals surface area contributed by atoms with Crippen molar-refractivity contribution in [2.45, 2.75) is 32.5 Å². The first-order valence-corrected chi connectivity index (χ1v) is 7.34. The molecule has 1 aliphatic rings. The molecule has 21 heavy (non-hydrogen) atoms. The first-order chi connectivity index (χ1) is 9.96. The van der Waals surface area contributed by atoms with Gasteiger partial charge >= 0.3 is 0 Å². The molecule has 1 saturated heterocycles. The normalized spacial score (nSPS) is 24.0. The van der Waals surface area contributed by atoms with Crippen molar-refractivity contribution in [2.75, 3.05) is 34.4 Å². The van der Waals surface area contributed by atoms with Crippen LogP contribution < -0.4 is 9.47 Å². The minimum atomic E-state index is 0.0591. The minimum Gasteiger partial charge on any atom is -0.502 e. The summed E-state index contributed by atoms with van der Waals surface area (Å²) in [7, 11) is 5.29. The maximum absolute atomic E-state index is 9.97. The van der Waals surface area contributed by atoms with Crippen LogP contribution in [0.5, 0.6) is 17.2 Å². The van der Waals surface area contributed by atoms with Gasteiger partial charge in [-0.05, 0) is 38.6 Å². The summed E-state index contributed by atoms with van der Waals surface area (Å²) in [6.07, 6.45) is 0. The average Bonchev–Trinajstić information content (AvgIpc) is 2.46. The van der Waals surface area contributed by atoms with Crippen LogP contribution in [0.4, 0.5) is 0 Å². The summed E-state index contributed by atoms with van der Waals surface area (Å²) in [6.45, 7) is 7.40. The molecule has 5 nitrogen and oxygen atoms in total. The molecule has 1 aliphatic heterocycles. The van der Waals surface area contributed by atoms with Gasteiger partial charge in [-0.3, -0.25) is 9.80 Å². The van der Waals surface area contributed by atoms with E-state index < -0.39 is 0 Å². The number of rotatable bonds is 4. The van der Waals surface area contributed by atoms with Crippen molar-refractivity contribution < 1.29 is 14.6 Å². The molecule has 0 radical (unpaired) electrons. The number of piperazine rings is 1. The number of hydrogen-bond donors (Lipinski definition) is 1. The highest BCUT2D eigenvalue weighted by Crippen LogP contribution is 2.37. The Morgan fingerprint density at radius 3 is 2.00 bits per heavy atom. The van der Waals surface area contributed by atoms with Gasteiger partial charge in [-0.25, -0.2) is 0 Å². The average molecular weight is 294 g/mol. The molecule has 0 amide bonds. The fraction of sp³-hybridized carbons (Fsp3) is 0.625. The smallest absolute Gasteiger partial charge is 0.200 e. The molecule has 118 valence electrons. The highest BCUT2D eigenvalue weighted by atomic mass is 16.5. The van der Waals surface area contributed by atoms with Crippen LogP contribution in [0.3, 0.4) is 0 Å². The van der Waals surface area contributed by atoms with Gasteiger partial charge in [0.1, 0.15) is 0 Å². The summed E-state index contributed by atoms with van der Waals surface area (Å²) >= 11 is 0. The van der Waals surface area contributed by atoms with Crippen molar-refractivity contribution in [3.63, 3.8) is 0 Å². The van der Waals surface area contributed by atoms with Gasteiger partial charge in [-0.15, -0.1) is 0 Å². The zero-order valence-corrected chi connectivity index (χ0v) is 13.6. The summed E-state index contributed by atoms with van der Waals surface area (Å²) in [6, 6.07) is 4.83. The van der Waals surface area contributed by atoms with Crippen molar-refractivity contribution in [1.82, 2.24) is 9.80 Å². The van der Waals surface area contributed by atoms with Crippen LogP contribution in [0.2, 0.25) is 0 Å². The molecule has 1 aromatic rings. The standard InChI is InChI=1S/C16H26N2O3/c1-11-8-18(9-12(2)17(11)3)10-13-6-14(20-4)16(19)15(7-13)21-5/h6-7,11-12,19H,8-10H2,1-5H3. The lowest BCUT2D eigenvalue weighted by Crippen LogP contribution is -2.54. The van der Waals surface area contributed by atoms with E-state index in [1.807, 2.05) is 12.1 Å². The third-order valence-corrected chi connectivity index (χ3v) is 4.38. The Hall–Kier alpha value is -1.46. The summed E-state index contributed by atoms with van der Waals surface area (Å²) in [4.78, 5) is 4.84. The van der Waals surface area contributed by atoms with Gasteiger partial charge in [0.05, 0.1) is 14.2 Å². The van der Waals surface area contributed by atoms with E-state index in [9.17, 15) is 5.11 Å². The largest absolute Gasteiger partial charge is 0.502 e. The van der Waals surface area contributed by atoms with E-state index in [0.717, 1.165) is 25.2 Å². The van der Waals surface area contributed by atoms with Crippen LogP contribution >= 0.6 is 0 Å². The number of ether oxygens (including phenoxy) is 2.